The van der Waals surface area contributed by atoms with Gasteiger partial charge in [0.15, 0.2) is 0 Å². The smallest absolute Gasteiger partial charge is 0.303 e. The molecule has 0 aliphatic carbocycles. The lowest BCUT2D eigenvalue weighted by Gasteiger charge is -2.24. The fourth-order valence-corrected chi connectivity index (χ4v) is 4.85. The molecule has 3 N–H and O–H groups in total. The second-order valence-corrected chi connectivity index (χ2v) is 9.36. The minimum Gasteiger partial charge on any atom is -0.458 e. The van der Waals surface area contributed by atoms with Crippen molar-refractivity contribution in [1.82, 2.24) is 9.71 Å². The maximum atomic E-state index is 12.8. The van der Waals surface area contributed by atoms with Crippen molar-refractivity contribution in [1.29, 1.82) is 0 Å². The van der Waals surface area contributed by atoms with Crippen molar-refractivity contribution in [3.05, 3.63) is 72.6 Å². The zero-order valence-corrected chi connectivity index (χ0v) is 18.4. The molecule has 31 heavy (non-hydrogen) atoms. The van der Waals surface area contributed by atoms with Gasteiger partial charge in [-0.15, -0.1) is 0 Å². The summed E-state index contributed by atoms with van der Waals surface area (Å²) in [7, 11) is -3.71. The van der Waals surface area contributed by atoms with E-state index in [9.17, 15) is 13.2 Å². The zero-order chi connectivity index (χ0) is 22.4. The average molecular weight is 442 g/mol. The summed E-state index contributed by atoms with van der Waals surface area (Å²) in [5, 5.41) is 1.67. The molecular weight excluding hydrogens is 414 g/mol. The van der Waals surface area contributed by atoms with Crippen LogP contribution in [0.4, 0.5) is 0 Å². The van der Waals surface area contributed by atoms with Crippen molar-refractivity contribution < 1.29 is 17.9 Å². The van der Waals surface area contributed by atoms with Gasteiger partial charge in [-0.3, -0.25) is 9.78 Å². The first-order valence-electron chi connectivity index (χ1n) is 10.1. The lowest BCUT2D eigenvalue weighted by atomic mass is 9.98. The standard InChI is InChI=1S/C23H27N3O4S/c1-16(12-21(24)14-23(30-17(2)27)18-6-4-3-5-7-18)26-31(28,29)22-9-8-20-15-25-11-10-19(20)13-22/h3-11,13,15-16,21,23,26H,12,14,24H2,1-2H3/t16-,21?,23?/m1/s1. The average Bonchev–Trinajstić information content (AvgIpc) is 2.72. The Labute approximate surface area is 182 Å². The van der Waals surface area contributed by atoms with E-state index in [-0.39, 0.29) is 16.9 Å². The second kappa shape index (κ2) is 10.00. The number of benzene rings is 2. The summed E-state index contributed by atoms with van der Waals surface area (Å²) < 4.78 is 33.8. The van der Waals surface area contributed by atoms with Crippen LogP contribution in [0, 0.1) is 0 Å². The van der Waals surface area contributed by atoms with Crippen LogP contribution in [0.2, 0.25) is 0 Å². The quantitative estimate of drug-likeness (QED) is 0.493. The van der Waals surface area contributed by atoms with Gasteiger partial charge in [-0.25, -0.2) is 13.1 Å². The Balaban J connectivity index is 1.65. The number of sulfonamides is 1. The summed E-state index contributed by atoms with van der Waals surface area (Å²) in [6.45, 7) is 3.13. The van der Waals surface area contributed by atoms with E-state index < -0.39 is 22.2 Å². The molecule has 0 spiro atoms. The van der Waals surface area contributed by atoms with Crippen LogP contribution in [-0.4, -0.2) is 31.5 Å². The molecule has 164 valence electrons. The molecule has 1 aromatic heterocycles. The van der Waals surface area contributed by atoms with Gasteiger partial charge >= 0.3 is 5.97 Å². The van der Waals surface area contributed by atoms with Crippen LogP contribution in [0.3, 0.4) is 0 Å². The minimum atomic E-state index is -3.71. The number of fused-ring (bicyclic) bond motifs is 1. The number of pyridine rings is 1. The second-order valence-electron chi connectivity index (χ2n) is 7.65. The number of hydrogen-bond donors (Lipinski definition) is 2. The molecule has 0 saturated carbocycles. The maximum Gasteiger partial charge on any atom is 0.303 e. The number of hydrogen-bond acceptors (Lipinski definition) is 6. The van der Waals surface area contributed by atoms with E-state index in [2.05, 4.69) is 9.71 Å². The largest absolute Gasteiger partial charge is 0.458 e. The van der Waals surface area contributed by atoms with Gasteiger partial charge in [0.05, 0.1) is 4.90 Å². The van der Waals surface area contributed by atoms with Gasteiger partial charge in [-0.05, 0) is 42.5 Å². The Morgan fingerprint density at radius 2 is 1.84 bits per heavy atom. The number of carbonyl (C=O) groups is 1. The number of carbonyl (C=O) groups excluding carboxylic acids is 1. The third-order valence-corrected chi connectivity index (χ3v) is 6.52. The topological polar surface area (TPSA) is 111 Å². The first-order valence-corrected chi connectivity index (χ1v) is 11.6. The van der Waals surface area contributed by atoms with Gasteiger partial charge in [0, 0.05) is 43.2 Å². The van der Waals surface area contributed by atoms with Gasteiger partial charge in [0.2, 0.25) is 10.0 Å². The zero-order valence-electron chi connectivity index (χ0n) is 17.6. The number of nitrogens with one attached hydrogen (secondary N) is 1. The molecule has 0 aliphatic heterocycles. The Morgan fingerprint density at radius 1 is 1.10 bits per heavy atom. The normalized spacial score (nSPS) is 14.7. The summed E-state index contributed by atoms with van der Waals surface area (Å²) >= 11 is 0. The molecule has 0 radical (unpaired) electrons. The lowest BCUT2D eigenvalue weighted by Crippen LogP contribution is -2.38. The van der Waals surface area contributed by atoms with Gasteiger partial charge in [-0.1, -0.05) is 36.4 Å². The molecule has 2 unspecified atom stereocenters. The lowest BCUT2D eigenvalue weighted by molar-refractivity contribution is -0.147. The first kappa shape index (κ1) is 22.9. The van der Waals surface area contributed by atoms with Crippen LogP contribution in [0.15, 0.2) is 71.9 Å². The van der Waals surface area contributed by atoms with E-state index in [1.165, 1.54) is 6.92 Å². The number of aromatic nitrogens is 1. The molecule has 3 atom stereocenters. The predicted octanol–water partition coefficient (Wildman–Crippen LogP) is 3.31. The minimum absolute atomic E-state index is 0.189. The first-order chi connectivity index (χ1) is 14.7. The fourth-order valence-electron chi connectivity index (χ4n) is 3.56. The summed E-state index contributed by atoms with van der Waals surface area (Å²) in [6.07, 6.45) is 3.61. The summed E-state index contributed by atoms with van der Waals surface area (Å²) in [6, 6.07) is 15.3. The SMILES string of the molecule is CC(=O)OC(CC(N)C[C@@H](C)NS(=O)(=O)c1ccc2cnccc2c1)c1ccccc1. The number of ether oxygens (including phenoxy) is 1. The van der Waals surface area contributed by atoms with E-state index in [4.69, 9.17) is 10.5 Å². The van der Waals surface area contributed by atoms with E-state index in [0.29, 0.717) is 12.8 Å². The highest BCUT2D eigenvalue weighted by molar-refractivity contribution is 7.89. The molecule has 0 bridgehead atoms. The van der Waals surface area contributed by atoms with Crippen molar-refractivity contribution >= 4 is 26.8 Å². The number of nitrogens with two attached hydrogens (primary N) is 1. The van der Waals surface area contributed by atoms with Gasteiger partial charge < -0.3 is 10.5 Å². The van der Waals surface area contributed by atoms with Gasteiger partial charge in [-0.2, -0.15) is 0 Å². The highest BCUT2D eigenvalue weighted by atomic mass is 32.2. The van der Waals surface area contributed by atoms with Crippen LogP contribution < -0.4 is 10.5 Å². The molecule has 0 aliphatic rings. The fraction of sp³-hybridized carbons (Fsp3) is 0.304. The Morgan fingerprint density at radius 3 is 2.55 bits per heavy atom. The van der Waals surface area contributed by atoms with E-state index in [1.807, 2.05) is 30.3 Å². The van der Waals surface area contributed by atoms with Crippen LogP contribution in [0.1, 0.15) is 38.4 Å². The van der Waals surface area contributed by atoms with Crippen LogP contribution in [-0.2, 0) is 19.6 Å². The monoisotopic (exact) mass is 441 g/mol. The number of rotatable bonds is 9. The van der Waals surface area contributed by atoms with Crippen molar-refractivity contribution in [2.75, 3.05) is 0 Å². The summed E-state index contributed by atoms with van der Waals surface area (Å²) in [4.78, 5) is 15.7. The van der Waals surface area contributed by atoms with Crippen molar-refractivity contribution in [2.45, 2.75) is 49.8 Å². The molecule has 0 fully saturated rings. The third kappa shape index (κ3) is 6.33. The molecule has 2 aromatic carbocycles. The summed E-state index contributed by atoms with van der Waals surface area (Å²) in [5.74, 6) is -0.388. The summed E-state index contributed by atoms with van der Waals surface area (Å²) in [5.41, 5.74) is 7.14. The molecule has 3 rings (SSSR count). The Kier molecular flexibility index (Phi) is 7.37. The molecule has 1 heterocycles. The number of esters is 1. The van der Waals surface area contributed by atoms with Crippen molar-refractivity contribution in [2.24, 2.45) is 5.73 Å². The number of nitrogens with zero attached hydrogens (tertiary/aromatic N) is 1. The molecule has 3 aromatic rings. The van der Waals surface area contributed by atoms with Crippen molar-refractivity contribution in [3.63, 3.8) is 0 Å². The third-order valence-electron chi connectivity index (χ3n) is 4.93. The van der Waals surface area contributed by atoms with Crippen LogP contribution in [0.25, 0.3) is 10.8 Å². The molecule has 7 nitrogen and oxygen atoms in total. The molecule has 0 saturated heterocycles. The molecular formula is C23H27N3O4S. The van der Waals surface area contributed by atoms with Gasteiger partial charge in [0.25, 0.3) is 0 Å². The highest BCUT2D eigenvalue weighted by Crippen LogP contribution is 2.24. The predicted molar refractivity (Wildman–Crippen MR) is 120 cm³/mol. The van der Waals surface area contributed by atoms with E-state index in [1.54, 1.807) is 43.6 Å². The van der Waals surface area contributed by atoms with Crippen LogP contribution >= 0.6 is 0 Å². The molecule has 8 heteroatoms. The van der Waals surface area contributed by atoms with E-state index in [0.717, 1.165) is 16.3 Å². The van der Waals surface area contributed by atoms with E-state index >= 15 is 0 Å². The highest BCUT2D eigenvalue weighted by Gasteiger charge is 2.23. The Bertz CT molecular complexity index is 1140. The molecule has 0 amide bonds. The van der Waals surface area contributed by atoms with Crippen LogP contribution in [0.5, 0.6) is 0 Å². The maximum absolute atomic E-state index is 12.8. The van der Waals surface area contributed by atoms with Gasteiger partial charge in [0.1, 0.15) is 6.10 Å². The van der Waals surface area contributed by atoms with Crippen molar-refractivity contribution in [3.8, 4) is 0 Å². The Hall–Kier alpha value is -2.81.